The lowest BCUT2D eigenvalue weighted by molar-refractivity contribution is 1.36. The molecule has 0 amide bonds. The highest BCUT2D eigenvalue weighted by Gasteiger charge is 1.99. The van der Waals surface area contributed by atoms with E-state index in [1.54, 1.807) is 0 Å². The third-order valence-corrected chi connectivity index (χ3v) is 3.03. The summed E-state index contributed by atoms with van der Waals surface area (Å²) >= 11 is 0. The Morgan fingerprint density at radius 1 is 0.765 bits per heavy atom. The lowest BCUT2D eigenvalue weighted by Gasteiger charge is -2.04. The molecule has 0 radical (unpaired) electrons. The summed E-state index contributed by atoms with van der Waals surface area (Å²) < 4.78 is 0. The maximum Gasteiger partial charge on any atom is 0.0346 e. The number of fused-ring (bicyclic) bond motifs is 1. The molecule has 17 heavy (non-hydrogen) atoms. The van der Waals surface area contributed by atoms with Crippen molar-refractivity contribution in [2.45, 2.75) is 6.92 Å². The highest BCUT2D eigenvalue weighted by molar-refractivity contribution is 5.86. The van der Waals surface area contributed by atoms with Crippen LogP contribution in [0.3, 0.4) is 0 Å². The zero-order valence-electron chi connectivity index (χ0n) is 9.72. The molecule has 0 atom stereocenters. The Morgan fingerprint density at radius 2 is 1.53 bits per heavy atom. The Hall–Kier alpha value is -2.15. The maximum absolute atomic E-state index is 4.13. The molecule has 0 N–H and O–H groups in total. The molecule has 0 unspecified atom stereocenters. The minimum absolute atomic E-state index is 1.18. The van der Waals surface area contributed by atoms with Crippen molar-refractivity contribution in [2.24, 2.45) is 0 Å². The number of pyridine rings is 1. The first-order chi connectivity index (χ1) is 8.33. The monoisotopic (exact) mass is 219 g/mol. The smallest absolute Gasteiger partial charge is 0.0346 e. The Balaban J connectivity index is 2.14. The van der Waals surface area contributed by atoms with Gasteiger partial charge in [-0.15, -0.1) is 0 Å². The lowest BCUT2D eigenvalue weighted by Crippen LogP contribution is -1.80. The average Bonchev–Trinajstić information content (AvgIpc) is 2.39. The van der Waals surface area contributed by atoms with Crippen LogP contribution in [0.15, 0.2) is 60.9 Å². The average molecular weight is 219 g/mol. The summed E-state index contributed by atoms with van der Waals surface area (Å²) in [5.41, 5.74) is 3.80. The number of aryl methyl sites for hydroxylation is 1. The molecule has 0 saturated carbocycles. The van der Waals surface area contributed by atoms with E-state index in [4.69, 9.17) is 0 Å². The van der Waals surface area contributed by atoms with Crippen molar-refractivity contribution >= 4 is 10.8 Å². The fourth-order valence-corrected chi connectivity index (χ4v) is 2.01. The van der Waals surface area contributed by atoms with Crippen molar-refractivity contribution in [3.05, 3.63) is 66.5 Å². The predicted molar refractivity (Wildman–Crippen MR) is 71.9 cm³/mol. The molecular formula is C16H13N. The first-order valence-electron chi connectivity index (χ1n) is 5.74. The van der Waals surface area contributed by atoms with Crippen LogP contribution in [-0.2, 0) is 0 Å². The highest BCUT2D eigenvalue weighted by atomic mass is 14.6. The molecule has 1 heterocycles. The van der Waals surface area contributed by atoms with Gasteiger partial charge in [-0.05, 0) is 35.6 Å². The van der Waals surface area contributed by atoms with E-state index in [0.717, 1.165) is 0 Å². The summed E-state index contributed by atoms with van der Waals surface area (Å²) in [5, 5.41) is 2.42. The molecule has 2 aromatic carbocycles. The first kappa shape index (κ1) is 10.0. The first-order valence-corrected chi connectivity index (χ1v) is 5.74. The molecule has 0 spiro atoms. The van der Waals surface area contributed by atoms with Gasteiger partial charge >= 0.3 is 0 Å². The van der Waals surface area contributed by atoms with E-state index >= 15 is 0 Å². The van der Waals surface area contributed by atoms with E-state index in [2.05, 4.69) is 54.4 Å². The van der Waals surface area contributed by atoms with Gasteiger partial charge in [0, 0.05) is 17.8 Å². The molecule has 0 aliphatic heterocycles. The quantitative estimate of drug-likeness (QED) is 0.597. The largest absolute Gasteiger partial charge is 0.264 e. The standard InChI is InChI=1S/C16H13N/c1-12-2-4-13(5-3-12)14-6-7-16-11-17-9-8-15(16)10-14/h2-11H,1H3. The predicted octanol–water partition coefficient (Wildman–Crippen LogP) is 4.21. The van der Waals surface area contributed by atoms with Crippen LogP contribution in [0.5, 0.6) is 0 Å². The van der Waals surface area contributed by atoms with Crippen LogP contribution in [-0.4, -0.2) is 4.98 Å². The molecule has 0 saturated heterocycles. The number of benzene rings is 2. The molecule has 3 aromatic rings. The SMILES string of the molecule is Cc1ccc(-c2ccc3cnccc3c2)cc1. The van der Waals surface area contributed by atoms with Gasteiger partial charge in [0.25, 0.3) is 0 Å². The van der Waals surface area contributed by atoms with Gasteiger partial charge < -0.3 is 0 Å². The Labute approximate surface area is 101 Å². The third-order valence-electron chi connectivity index (χ3n) is 3.03. The summed E-state index contributed by atoms with van der Waals surface area (Å²) in [6, 6.07) is 17.1. The number of hydrogen-bond acceptors (Lipinski definition) is 1. The molecule has 0 aliphatic carbocycles. The van der Waals surface area contributed by atoms with Crippen LogP contribution in [0.25, 0.3) is 21.9 Å². The second-order valence-corrected chi connectivity index (χ2v) is 4.30. The topological polar surface area (TPSA) is 12.9 Å². The summed E-state index contributed by atoms with van der Waals surface area (Å²) in [6.07, 6.45) is 3.73. The van der Waals surface area contributed by atoms with Gasteiger partial charge in [0.2, 0.25) is 0 Å². The summed E-state index contributed by atoms with van der Waals surface area (Å²) in [5.74, 6) is 0. The normalized spacial score (nSPS) is 10.6. The molecule has 82 valence electrons. The van der Waals surface area contributed by atoms with E-state index in [9.17, 15) is 0 Å². The van der Waals surface area contributed by atoms with Gasteiger partial charge in [-0.25, -0.2) is 0 Å². The summed E-state index contributed by atoms with van der Waals surface area (Å²) in [7, 11) is 0. The third kappa shape index (κ3) is 1.92. The Morgan fingerprint density at radius 3 is 2.35 bits per heavy atom. The van der Waals surface area contributed by atoms with Gasteiger partial charge in [-0.2, -0.15) is 0 Å². The van der Waals surface area contributed by atoms with Crippen LogP contribution >= 0.6 is 0 Å². The molecule has 0 bridgehead atoms. The van der Waals surface area contributed by atoms with Crippen LogP contribution in [0.1, 0.15) is 5.56 Å². The van der Waals surface area contributed by atoms with Crippen molar-refractivity contribution in [3.8, 4) is 11.1 Å². The van der Waals surface area contributed by atoms with Crippen LogP contribution in [0.4, 0.5) is 0 Å². The van der Waals surface area contributed by atoms with Crippen molar-refractivity contribution in [3.63, 3.8) is 0 Å². The molecule has 3 rings (SSSR count). The van der Waals surface area contributed by atoms with Gasteiger partial charge in [-0.3, -0.25) is 4.98 Å². The van der Waals surface area contributed by atoms with Gasteiger partial charge in [0.15, 0.2) is 0 Å². The number of hydrogen-bond donors (Lipinski definition) is 0. The number of rotatable bonds is 1. The molecule has 0 aliphatic rings. The van der Waals surface area contributed by atoms with E-state index in [-0.39, 0.29) is 0 Å². The van der Waals surface area contributed by atoms with Crippen LogP contribution < -0.4 is 0 Å². The summed E-state index contributed by atoms with van der Waals surface area (Å²) in [4.78, 5) is 4.13. The van der Waals surface area contributed by atoms with E-state index in [0.29, 0.717) is 0 Å². The summed E-state index contributed by atoms with van der Waals surface area (Å²) in [6.45, 7) is 2.11. The van der Waals surface area contributed by atoms with Gasteiger partial charge in [0.05, 0.1) is 0 Å². The number of nitrogens with zero attached hydrogens (tertiary/aromatic N) is 1. The fourth-order valence-electron chi connectivity index (χ4n) is 2.01. The minimum Gasteiger partial charge on any atom is -0.264 e. The van der Waals surface area contributed by atoms with E-state index in [1.807, 2.05) is 18.5 Å². The molecule has 1 aromatic heterocycles. The van der Waals surface area contributed by atoms with Gasteiger partial charge in [-0.1, -0.05) is 42.0 Å². The molecule has 0 fully saturated rings. The zero-order valence-corrected chi connectivity index (χ0v) is 9.72. The van der Waals surface area contributed by atoms with Crippen molar-refractivity contribution in [1.29, 1.82) is 0 Å². The van der Waals surface area contributed by atoms with Crippen molar-refractivity contribution in [2.75, 3.05) is 0 Å². The van der Waals surface area contributed by atoms with E-state index < -0.39 is 0 Å². The Kier molecular flexibility index (Phi) is 2.37. The van der Waals surface area contributed by atoms with E-state index in [1.165, 1.54) is 27.5 Å². The minimum atomic E-state index is 1.18. The maximum atomic E-state index is 4.13. The van der Waals surface area contributed by atoms with Crippen molar-refractivity contribution in [1.82, 2.24) is 4.98 Å². The second-order valence-electron chi connectivity index (χ2n) is 4.30. The van der Waals surface area contributed by atoms with Crippen LogP contribution in [0, 0.1) is 6.92 Å². The lowest BCUT2D eigenvalue weighted by atomic mass is 10.0. The number of aromatic nitrogens is 1. The Bertz CT molecular complexity index is 654. The van der Waals surface area contributed by atoms with Crippen molar-refractivity contribution < 1.29 is 0 Å². The van der Waals surface area contributed by atoms with Crippen LogP contribution in [0.2, 0.25) is 0 Å². The zero-order chi connectivity index (χ0) is 11.7. The molecular weight excluding hydrogens is 206 g/mol. The van der Waals surface area contributed by atoms with Gasteiger partial charge in [0.1, 0.15) is 0 Å². The molecule has 1 nitrogen and oxygen atoms in total. The molecule has 1 heteroatoms. The highest BCUT2D eigenvalue weighted by Crippen LogP contribution is 2.24. The fraction of sp³-hybridized carbons (Fsp3) is 0.0625. The second kappa shape index (κ2) is 4.02.